The maximum atomic E-state index is 11.4. The lowest BCUT2D eigenvalue weighted by atomic mass is 10.0. The topological polar surface area (TPSA) is 93.2 Å². The number of hydrogen-bond donors (Lipinski definition) is 0. The Kier molecular flexibility index (Phi) is 3.78. The Morgan fingerprint density at radius 3 is 2.65 bits per heavy atom. The van der Waals surface area contributed by atoms with Crippen molar-refractivity contribution in [1.29, 1.82) is 5.26 Å². The van der Waals surface area contributed by atoms with Gasteiger partial charge in [0.25, 0.3) is 5.69 Å². The summed E-state index contributed by atoms with van der Waals surface area (Å²) in [6, 6.07) is 3.99. The average molecular weight is 234 g/mol. The highest BCUT2D eigenvalue weighted by molar-refractivity contribution is 5.99. The lowest BCUT2D eigenvalue weighted by Gasteiger charge is -2.09. The van der Waals surface area contributed by atoms with Crippen LogP contribution in [-0.2, 0) is 0 Å². The van der Waals surface area contributed by atoms with Crippen molar-refractivity contribution in [3.8, 4) is 11.8 Å². The molecule has 0 fully saturated rings. The second kappa shape index (κ2) is 5.07. The van der Waals surface area contributed by atoms with E-state index in [1.54, 1.807) is 13.0 Å². The van der Waals surface area contributed by atoms with Gasteiger partial charge in [-0.3, -0.25) is 14.9 Å². The molecule has 6 heteroatoms. The summed E-state index contributed by atoms with van der Waals surface area (Å²) in [5.41, 5.74) is -0.231. The van der Waals surface area contributed by atoms with Gasteiger partial charge in [-0.25, -0.2) is 0 Å². The number of Topliss-reactive ketones (excluding diaryl/α,β-unsaturated/α-hetero) is 1. The molecule has 0 aliphatic rings. The molecule has 17 heavy (non-hydrogen) atoms. The van der Waals surface area contributed by atoms with Crippen LogP contribution in [0.25, 0.3) is 0 Å². The number of carbonyl (C=O) groups excluding carboxylic acids is 1. The zero-order chi connectivity index (χ0) is 13.0. The molecule has 1 aromatic carbocycles. The summed E-state index contributed by atoms with van der Waals surface area (Å²) in [5.74, 6) is -0.286. The standard InChI is InChI=1S/C11H10N2O4/c1-3-17-10-5-9(13(15)16)4-8(6-12)11(10)7(2)14/h4-5H,3H2,1-2H3. The highest BCUT2D eigenvalue weighted by Crippen LogP contribution is 2.29. The predicted octanol–water partition coefficient (Wildman–Crippen LogP) is 2.07. The summed E-state index contributed by atoms with van der Waals surface area (Å²) < 4.78 is 5.16. The van der Waals surface area contributed by atoms with Gasteiger partial charge in [-0.15, -0.1) is 0 Å². The Bertz CT molecular complexity index is 517. The average Bonchev–Trinajstić information content (AvgIpc) is 2.27. The maximum Gasteiger partial charge on any atom is 0.274 e. The van der Waals surface area contributed by atoms with Crippen LogP contribution < -0.4 is 4.74 Å². The van der Waals surface area contributed by atoms with Crippen molar-refractivity contribution in [3.05, 3.63) is 33.4 Å². The summed E-state index contributed by atoms with van der Waals surface area (Å²) in [6.45, 7) is 3.23. The van der Waals surface area contributed by atoms with Gasteiger partial charge in [-0.1, -0.05) is 0 Å². The molecule has 6 nitrogen and oxygen atoms in total. The fourth-order valence-electron chi connectivity index (χ4n) is 1.43. The summed E-state index contributed by atoms with van der Waals surface area (Å²) in [4.78, 5) is 21.4. The molecule has 0 saturated carbocycles. The van der Waals surface area contributed by atoms with Gasteiger partial charge in [0.1, 0.15) is 11.8 Å². The van der Waals surface area contributed by atoms with Gasteiger partial charge >= 0.3 is 0 Å². The first-order chi connectivity index (χ1) is 8.01. The van der Waals surface area contributed by atoms with E-state index in [9.17, 15) is 14.9 Å². The summed E-state index contributed by atoms with van der Waals surface area (Å²) >= 11 is 0. The van der Waals surface area contributed by atoms with Crippen LogP contribution in [0.2, 0.25) is 0 Å². The molecule has 0 atom stereocenters. The van der Waals surface area contributed by atoms with Gasteiger partial charge in [0, 0.05) is 6.07 Å². The molecule has 1 aromatic rings. The molecular formula is C11H10N2O4. The van der Waals surface area contributed by atoms with Crippen LogP contribution in [0.3, 0.4) is 0 Å². The predicted molar refractivity (Wildman–Crippen MR) is 59.0 cm³/mol. The van der Waals surface area contributed by atoms with E-state index in [4.69, 9.17) is 10.00 Å². The Morgan fingerprint density at radius 2 is 2.24 bits per heavy atom. The van der Waals surface area contributed by atoms with Gasteiger partial charge in [0.2, 0.25) is 0 Å². The first kappa shape index (κ1) is 12.6. The van der Waals surface area contributed by atoms with Crippen molar-refractivity contribution in [2.45, 2.75) is 13.8 Å². The number of rotatable bonds is 4. The minimum absolute atomic E-state index is 0.0462. The highest BCUT2D eigenvalue weighted by Gasteiger charge is 2.20. The number of nitriles is 1. The monoisotopic (exact) mass is 234 g/mol. The zero-order valence-electron chi connectivity index (χ0n) is 9.39. The van der Waals surface area contributed by atoms with Crippen LogP contribution in [0.5, 0.6) is 5.75 Å². The maximum absolute atomic E-state index is 11.4. The van der Waals surface area contributed by atoms with Crippen LogP contribution in [-0.4, -0.2) is 17.3 Å². The van der Waals surface area contributed by atoms with E-state index in [2.05, 4.69) is 0 Å². The van der Waals surface area contributed by atoms with Crippen LogP contribution in [0.4, 0.5) is 5.69 Å². The first-order valence-electron chi connectivity index (χ1n) is 4.87. The van der Waals surface area contributed by atoms with E-state index in [-0.39, 0.29) is 35.0 Å². The summed E-state index contributed by atoms with van der Waals surface area (Å²) in [6.07, 6.45) is 0. The fraction of sp³-hybridized carbons (Fsp3) is 0.273. The molecule has 0 radical (unpaired) electrons. The van der Waals surface area contributed by atoms with Crippen molar-refractivity contribution in [3.63, 3.8) is 0 Å². The van der Waals surface area contributed by atoms with Crippen molar-refractivity contribution in [2.75, 3.05) is 6.61 Å². The minimum atomic E-state index is -0.632. The molecule has 0 bridgehead atoms. The van der Waals surface area contributed by atoms with E-state index >= 15 is 0 Å². The van der Waals surface area contributed by atoms with Crippen molar-refractivity contribution in [1.82, 2.24) is 0 Å². The number of carbonyl (C=O) groups is 1. The van der Waals surface area contributed by atoms with Crippen LogP contribution in [0.1, 0.15) is 29.8 Å². The zero-order valence-corrected chi connectivity index (χ0v) is 9.39. The number of benzene rings is 1. The number of nitro groups is 1. The highest BCUT2D eigenvalue weighted by atomic mass is 16.6. The molecule has 0 aliphatic carbocycles. The van der Waals surface area contributed by atoms with E-state index < -0.39 is 4.92 Å². The number of nitro benzene ring substituents is 1. The Hall–Kier alpha value is -2.42. The molecular weight excluding hydrogens is 224 g/mol. The Morgan fingerprint density at radius 1 is 1.59 bits per heavy atom. The molecule has 0 amide bonds. The van der Waals surface area contributed by atoms with Crippen molar-refractivity contribution < 1.29 is 14.5 Å². The Labute approximate surface area is 97.6 Å². The summed E-state index contributed by atoms with van der Waals surface area (Å²) in [7, 11) is 0. The first-order valence-corrected chi connectivity index (χ1v) is 4.87. The number of nitrogens with zero attached hydrogens (tertiary/aromatic N) is 2. The molecule has 0 N–H and O–H groups in total. The third kappa shape index (κ3) is 2.58. The number of hydrogen-bond acceptors (Lipinski definition) is 5. The van der Waals surface area contributed by atoms with E-state index in [1.165, 1.54) is 6.92 Å². The molecule has 0 aromatic heterocycles. The van der Waals surface area contributed by atoms with Gasteiger partial charge < -0.3 is 4.74 Å². The Balaban J connectivity index is 3.52. The van der Waals surface area contributed by atoms with Gasteiger partial charge in [-0.2, -0.15) is 5.26 Å². The molecule has 88 valence electrons. The van der Waals surface area contributed by atoms with Crippen molar-refractivity contribution in [2.24, 2.45) is 0 Å². The smallest absolute Gasteiger partial charge is 0.274 e. The molecule has 0 spiro atoms. The van der Waals surface area contributed by atoms with Crippen LogP contribution >= 0.6 is 0 Å². The number of ketones is 1. The molecule has 0 unspecified atom stereocenters. The third-order valence-corrected chi connectivity index (χ3v) is 2.07. The van der Waals surface area contributed by atoms with Gasteiger partial charge in [0.15, 0.2) is 5.78 Å². The minimum Gasteiger partial charge on any atom is -0.493 e. The lowest BCUT2D eigenvalue weighted by molar-refractivity contribution is -0.385. The second-order valence-corrected chi connectivity index (χ2v) is 3.22. The van der Waals surface area contributed by atoms with Gasteiger partial charge in [0.05, 0.1) is 28.7 Å². The van der Waals surface area contributed by atoms with E-state index in [1.807, 2.05) is 0 Å². The lowest BCUT2D eigenvalue weighted by Crippen LogP contribution is -2.05. The summed E-state index contributed by atoms with van der Waals surface area (Å²) in [5, 5.41) is 19.5. The number of non-ortho nitro benzene ring substituents is 1. The van der Waals surface area contributed by atoms with Crippen LogP contribution in [0, 0.1) is 21.4 Å². The van der Waals surface area contributed by atoms with Gasteiger partial charge in [-0.05, 0) is 13.8 Å². The molecule has 0 heterocycles. The molecule has 0 aliphatic heterocycles. The normalized spacial score (nSPS) is 9.47. The SMILES string of the molecule is CCOc1cc([N+](=O)[O-])cc(C#N)c1C(C)=O. The fourth-order valence-corrected chi connectivity index (χ4v) is 1.43. The quantitative estimate of drug-likeness (QED) is 0.451. The van der Waals surface area contributed by atoms with Crippen molar-refractivity contribution >= 4 is 11.5 Å². The van der Waals surface area contributed by atoms with E-state index in [0.717, 1.165) is 12.1 Å². The molecule has 0 saturated heterocycles. The molecule has 1 rings (SSSR count). The third-order valence-electron chi connectivity index (χ3n) is 2.07. The van der Waals surface area contributed by atoms with Crippen LogP contribution in [0.15, 0.2) is 12.1 Å². The number of ether oxygens (including phenoxy) is 1. The second-order valence-electron chi connectivity index (χ2n) is 3.22. The van der Waals surface area contributed by atoms with E-state index in [0.29, 0.717) is 0 Å². The largest absolute Gasteiger partial charge is 0.493 e.